The van der Waals surface area contributed by atoms with Gasteiger partial charge < -0.3 is 5.73 Å². The van der Waals surface area contributed by atoms with Crippen LogP contribution in [0.5, 0.6) is 0 Å². The van der Waals surface area contributed by atoms with Crippen molar-refractivity contribution in [3.05, 3.63) is 10.9 Å². The summed E-state index contributed by atoms with van der Waals surface area (Å²) in [5.74, 6) is 0. The summed E-state index contributed by atoms with van der Waals surface area (Å²) in [6, 6.07) is 2.06. The summed E-state index contributed by atoms with van der Waals surface area (Å²) in [6.07, 6.45) is 1.94. The van der Waals surface area contributed by atoms with Crippen LogP contribution in [0.1, 0.15) is 5.56 Å². The molecule has 0 atom stereocenters. The van der Waals surface area contributed by atoms with Crippen molar-refractivity contribution >= 4 is 28.8 Å². The Kier molecular flexibility index (Phi) is 2.20. The van der Waals surface area contributed by atoms with Gasteiger partial charge in [-0.15, -0.1) is 23.1 Å². The van der Waals surface area contributed by atoms with Crippen LogP contribution >= 0.6 is 23.1 Å². The molecule has 0 fully saturated rings. The first-order valence-corrected chi connectivity index (χ1v) is 4.71. The van der Waals surface area contributed by atoms with Gasteiger partial charge in [0, 0.05) is 5.38 Å². The monoisotopic (exact) mass is 170 g/mol. The molecule has 0 spiro atoms. The predicted octanol–water partition coefficient (Wildman–Crippen LogP) is 1.92. The number of anilines is 1. The molecule has 0 aliphatic carbocycles. The van der Waals surface area contributed by atoms with E-state index in [1.807, 2.05) is 6.26 Å². The maximum absolute atomic E-state index is 8.58. The molecule has 1 rings (SSSR count). The second-order valence-corrected chi connectivity index (χ2v) is 3.62. The van der Waals surface area contributed by atoms with Crippen molar-refractivity contribution in [2.45, 2.75) is 4.21 Å². The maximum Gasteiger partial charge on any atom is 0.103 e. The van der Waals surface area contributed by atoms with Gasteiger partial charge in [-0.2, -0.15) is 5.26 Å². The van der Waals surface area contributed by atoms with Gasteiger partial charge in [0.25, 0.3) is 0 Å². The van der Waals surface area contributed by atoms with E-state index in [0.717, 1.165) is 4.21 Å². The molecular weight excluding hydrogens is 164 g/mol. The van der Waals surface area contributed by atoms with Crippen LogP contribution in [0.2, 0.25) is 0 Å². The van der Waals surface area contributed by atoms with E-state index in [1.165, 1.54) is 11.3 Å². The SMILES string of the molecule is CSc1scc(N)c1C#N. The summed E-state index contributed by atoms with van der Waals surface area (Å²) in [4.78, 5) is 0. The Bertz CT molecular complexity index is 272. The average molecular weight is 170 g/mol. The highest BCUT2D eigenvalue weighted by molar-refractivity contribution is 8.00. The third-order valence-corrected chi connectivity index (χ3v) is 3.24. The topological polar surface area (TPSA) is 49.8 Å². The number of nitrogen functional groups attached to an aromatic ring is 1. The van der Waals surface area contributed by atoms with Crippen LogP contribution in [0.4, 0.5) is 5.69 Å². The number of thiophene rings is 1. The van der Waals surface area contributed by atoms with Crippen LogP contribution in [0.25, 0.3) is 0 Å². The quantitative estimate of drug-likeness (QED) is 0.655. The molecular formula is C6H6N2S2. The van der Waals surface area contributed by atoms with Crippen molar-refractivity contribution in [2.75, 3.05) is 12.0 Å². The van der Waals surface area contributed by atoms with E-state index >= 15 is 0 Å². The molecule has 0 aromatic carbocycles. The normalized spacial score (nSPS) is 9.20. The van der Waals surface area contributed by atoms with Crippen molar-refractivity contribution < 1.29 is 0 Å². The molecule has 2 N–H and O–H groups in total. The van der Waals surface area contributed by atoms with Crippen LogP contribution in [0, 0.1) is 11.3 Å². The highest BCUT2D eigenvalue weighted by atomic mass is 32.2. The maximum atomic E-state index is 8.58. The van der Waals surface area contributed by atoms with E-state index in [9.17, 15) is 0 Å². The van der Waals surface area contributed by atoms with Crippen LogP contribution in [-0.2, 0) is 0 Å². The fourth-order valence-corrected chi connectivity index (χ4v) is 2.14. The zero-order valence-electron chi connectivity index (χ0n) is 5.42. The zero-order valence-corrected chi connectivity index (χ0v) is 7.05. The number of hydrogen-bond donors (Lipinski definition) is 1. The summed E-state index contributed by atoms with van der Waals surface area (Å²) < 4.78 is 1.00. The standard InChI is InChI=1S/C6H6N2S2/c1-9-6-4(2-7)5(8)3-10-6/h3H,8H2,1H3. The molecule has 0 bridgehead atoms. The van der Waals surface area contributed by atoms with Crippen molar-refractivity contribution in [3.8, 4) is 6.07 Å². The minimum Gasteiger partial charge on any atom is -0.397 e. The first-order valence-electron chi connectivity index (χ1n) is 2.60. The van der Waals surface area contributed by atoms with Crippen molar-refractivity contribution in [3.63, 3.8) is 0 Å². The molecule has 1 aromatic rings. The van der Waals surface area contributed by atoms with Crippen LogP contribution in [-0.4, -0.2) is 6.26 Å². The third kappa shape index (κ3) is 1.11. The lowest BCUT2D eigenvalue weighted by atomic mass is 10.3. The molecule has 0 aliphatic rings. The zero-order chi connectivity index (χ0) is 7.56. The minimum atomic E-state index is 0.594. The van der Waals surface area contributed by atoms with Crippen molar-refractivity contribution in [1.29, 1.82) is 5.26 Å². The Morgan fingerprint density at radius 1 is 1.80 bits per heavy atom. The van der Waals surface area contributed by atoms with Gasteiger partial charge >= 0.3 is 0 Å². The van der Waals surface area contributed by atoms with Gasteiger partial charge in [-0.3, -0.25) is 0 Å². The fourth-order valence-electron chi connectivity index (χ4n) is 0.613. The number of thioether (sulfide) groups is 1. The molecule has 1 aromatic heterocycles. The second-order valence-electron chi connectivity index (χ2n) is 1.67. The van der Waals surface area contributed by atoms with Crippen LogP contribution < -0.4 is 5.73 Å². The molecule has 4 heteroatoms. The number of rotatable bonds is 1. The lowest BCUT2D eigenvalue weighted by molar-refractivity contribution is 1.47. The molecule has 0 saturated heterocycles. The average Bonchev–Trinajstić information content (AvgIpc) is 2.30. The van der Waals surface area contributed by atoms with E-state index < -0.39 is 0 Å². The lowest BCUT2D eigenvalue weighted by Gasteiger charge is -1.88. The summed E-state index contributed by atoms with van der Waals surface area (Å²) in [5, 5.41) is 10.4. The molecule has 0 amide bonds. The lowest BCUT2D eigenvalue weighted by Crippen LogP contribution is -1.83. The van der Waals surface area contributed by atoms with E-state index in [1.54, 1.807) is 17.1 Å². The van der Waals surface area contributed by atoms with Gasteiger partial charge in [-0.1, -0.05) is 0 Å². The van der Waals surface area contributed by atoms with E-state index in [-0.39, 0.29) is 0 Å². The largest absolute Gasteiger partial charge is 0.397 e. The Balaban J connectivity index is 3.17. The van der Waals surface area contributed by atoms with Crippen molar-refractivity contribution in [2.24, 2.45) is 0 Å². The Labute approximate surface area is 67.7 Å². The van der Waals surface area contributed by atoms with Gasteiger partial charge in [-0.25, -0.2) is 0 Å². The highest BCUT2D eigenvalue weighted by Crippen LogP contribution is 2.31. The number of hydrogen-bond acceptors (Lipinski definition) is 4. The second kappa shape index (κ2) is 2.95. The highest BCUT2D eigenvalue weighted by Gasteiger charge is 2.06. The molecule has 52 valence electrons. The Hall–Kier alpha value is -0.660. The summed E-state index contributed by atoms with van der Waals surface area (Å²) in [6.45, 7) is 0. The third-order valence-electron chi connectivity index (χ3n) is 1.08. The van der Waals surface area contributed by atoms with Gasteiger partial charge in [0.1, 0.15) is 6.07 Å². The van der Waals surface area contributed by atoms with E-state index in [2.05, 4.69) is 6.07 Å². The summed E-state index contributed by atoms with van der Waals surface area (Å²) in [5.41, 5.74) is 6.72. The first-order chi connectivity index (χ1) is 4.79. The minimum absolute atomic E-state index is 0.594. The van der Waals surface area contributed by atoms with Crippen LogP contribution in [0.3, 0.4) is 0 Å². The molecule has 2 nitrogen and oxygen atoms in total. The Morgan fingerprint density at radius 3 is 2.90 bits per heavy atom. The fraction of sp³-hybridized carbons (Fsp3) is 0.167. The molecule has 0 unspecified atom stereocenters. The number of nitrogens with two attached hydrogens (primary N) is 1. The van der Waals surface area contributed by atoms with E-state index in [4.69, 9.17) is 11.0 Å². The molecule has 0 aliphatic heterocycles. The molecule has 1 heterocycles. The van der Waals surface area contributed by atoms with Gasteiger partial charge in [-0.05, 0) is 6.26 Å². The molecule has 10 heavy (non-hydrogen) atoms. The van der Waals surface area contributed by atoms with Gasteiger partial charge in [0.05, 0.1) is 15.5 Å². The Morgan fingerprint density at radius 2 is 2.50 bits per heavy atom. The summed E-state index contributed by atoms with van der Waals surface area (Å²) in [7, 11) is 0. The number of nitrogens with zero attached hydrogens (tertiary/aromatic N) is 1. The van der Waals surface area contributed by atoms with Crippen LogP contribution in [0.15, 0.2) is 9.59 Å². The van der Waals surface area contributed by atoms with E-state index in [0.29, 0.717) is 11.3 Å². The number of nitriles is 1. The van der Waals surface area contributed by atoms with Crippen molar-refractivity contribution in [1.82, 2.24) is 0 Å². The molecule has 0 radical (unpaired) electrons. The van der Waals surface area contributed by atoms with Gasteiger partial charge in [0.2, 0.25) is 0 Å². The predicted molar refractivity (Wildman–Crippen MR) is 45.2 cm³/mol. The molecule has 0 saturated carbocycles. The first kappa shape index (κ1) is 7.45. The van der Waals surface area contributed by atoms with Gasteiger partial charge in [0.15, 0.2) is 0 Å². The summed E-state index contributed by atoms with van der Waals surface area (Å²) >= 11 is 3.07. The smallest absolute Gasteiger partial charge is 0.103 e.